The molecule has 1 heterocycles. The summed E-state index contributed by atoms with van der Waals surface area (Å²) in [6, 6.07) is 0. The zero-order chi connectivity index (χ0) is 10.8. The van der Waals surface area contributed by atoms with Crippen molar-refractivity contribution in [2.45, 2.75) is 11.7 Å². The Morgan fingerprint density at radius 1 is 1.64 bits per heavy atom. The van der Waals surface area contributed by atoms with Crippen molar-refractivity contribution in [3.63, 3.8) is 0 Å². The van der Waals surface area contributed by atoms with E-state index in [1.165, 1.54) is 7.11 Å². The van der Waals surface area contributed by atoms with Crippen LogP contribution in [0.25, 0.3) is 0 Å². The van der Waals surface area contributed by atoms with E-state index in [1.54, 1.807) is 0 Å². The summed E-state index contributed by atoms with van der Waals surface area (Å²) in [5, 5.41) is 4.78. The van der Waals surface area contributed by atoms with Gasteiger partial charge in [0.2, 0.25) is 0 Å². The number of hydrogen-bond donors (Lipinski definition) is 1. The van der Waals surface area contributed by atoms with Crippen molar-refractivity contribution < 1.29 is 13.2 Å². The first kappa shape index (κ1) is 11.2. The fourth-order valence-corrected chi connectivity index (χ4v) is 1.81. The minimum atomic E-state index is -4.01. The Kier molecular flexibility index (Phi) is 3.29. The van der Waals surface area contributed by atoms with Gasteiger partial charge in [-0.15, -0.1) is 5.10 Å². The molecule has 1 rings (SSSR count). The molecule has 0 fully saturated rings. The summed E-state index contributed by atoms with van der Waals surface area (Å²) in [6.45, 7) is 0.270. The molecule has 0 saturated carbocycles. The molecule has 14 heavy (non-hydrogen) atoms. The lowest BCUT2D eigenvalue weighted by atomic mass is 10.7. The van der Waals surface area contributed by atoms with Crippen molar-refractivity contribution >= 4 is 19.7 Å². The first-order chi connectivity index (χ1) is 6.46. The normalized spacial score (nSPS) is 11.9. The molecule has 0 unspecified atom stereocenters. The highest BCUT2D eigenvalue weighted by Gasteiger charge is 2.20. The number of nitrogens with one attached hydrogen (secondary N) is 1. The van der Waals surface area contributed by atoms with Crippen LogP contribution in [0.4, 0.5) is 0 Å². The molecular formula is C5H8ClN3O4S. The monoisotopic (exact) mass is 241 g/mol. The van der Waals surface area contributed by atoms with Crippen molar-refractivity contribution in [1.82, 2.24) is 14.8 Å². The highest BCUT2D eigenvalue weighted by Crippen LogP contribution is 2.08. The van der Waals surface area contributed by atoms with Gasteiger partial charge in [0.05, 0.1) is 13.2 Å². The molecule has 1 N–H and O–H groups in total. The Balaban J connectivity index is 3.14. The molecule has 0 spiro atoms. The first-order valence-corrected chi connectivity index (χ1v) is 5.86. The predicted octanol–water partition coefficient (Wildman–Crippen LogP) is -0.855. The third kappa shape index (κ3) is 2.34. The van der Waals surface area contributed by atoms with Crippen molar-refractivity contribution in [2.24, 2.45) is 0 Å². The largest absolute Gasteiger partial charge is 0.383 e. The fourth-order valence-electron chi connectivity index (χ4n) is 0.869. The molecule has 0 saturated heterocycles. The minimum absolute atomic E-state index is 0.0765. The van der Waals surface area contributed by atoms with Crippen LogP contribution in [-0.2, 0) is 20.3 Å². The Morgan fingerprint density at radius 2 is 2.29 bits per heavy atom. The molecule has 0 aliphatic carbocycles. The standard InChI is InChI=1S/C5H8ClN3O4S/c1-13-3-2-9-4(10)7-8-5(9)14(6,11)12/h2-3H2,1H3,(H,7,10). The van der Waals surface area contributed by atoms with E-state index < -0.39 is 19.9 Å². The molecule has 0 amide bonds. The van der Waals surface area contributed by atoms with Gasteiger partial charge in [0.25, 0.3) is 14.2 Å². The summed E-state index contributed by atoms with van der Waals surface area (Å²) in [5.41, 5.74) is -0.638. The molecule has 0 aliphatic rings. The molecule has 0 aromatic carbocycles. The fraction of sp³-hybridized carbons (Fsp3) is 0.600. The maximum atomic E-state index is 11.1. The Labute approximate surface area is 84.1 Å². The van der Waals surface area contributed by atoms with E-state index in [9.17, 15) is 13.2 Å². The molecule has 0 bridgehead atoms. The highest BCUT2D eigenvalue weighted by atomic mass is 35.7. The van der Waals surface area contributed by atoms with E-state index in [0.29, 0.717) is 0 Å². The lowest BCUT2D eigenvalue weighted by molar-refractivity contribution is 0.183. The summed E-state index contributed by atoms with van der Waals surface area (Å²) in [6.07, 6.45) is 0. The van der Waals surface area contributed by atoms with Crippen LogP contribution in [0.1, 0.15) is 0 Å². The lowest BCUT2D eigenvalue weighted by Gasteiger charge is -2.01. The summed E-state index contributed by atoms with van der Waals surface area (Å²) >= 11 is 0. The van der Waals surface area contributed by atoms with Crippen molar-refractivity contribution in [3.8, 4) is 0 Å². The van der Waals surface area contributed by atoms with Crippen LogP contribution in [0.2, 0.25) is 0 Å². The lowest BCUT2D eigenvalue weighted by Crippen LogP contribution is -2.21. The van der Waals surface area contributed by atoms with E-state index in [-0.39, 0.29) is 13.2 Å². The van der Waals surface area contributed by atoms with Gasteiger partial charge in [-0.1, -0.05) is 0 Å². The molecule has 1 aromatic heterocycles. The van der Waals surface area contributed by atoms with Crippen LogP contribution in [0.3, 0.4) is 0 Å². The molecule has 1 aromatic rings. The summed E-state index contributed by atoms with van der Waals surface area (Å²) in [4.78, 5) is 11.1. The van der Waals surface area contributed by atoms with E-state index >= 15 is 0 Å². The van der Waals surface area contributed by atoms with Crippen LogP contribution in [0, 0.1) is 0 Å². The molecule has 0 radical (unpaired) electrons. The SMILES string of the molecule is COCCn1c(S(=O)(=O)Cl)n[nH]c1=O. The average molecular weight is 242 g/mol. The topological polar surface area (TPSA) is 94.0 Å². The molecule has 0 aliphatic heterocycles. The van der Waals surface area contributed by atoms with Crippen LogP contribution in [0.5, 0.6) is 0 Å². The smallest absolute Gasteiger partial charge is 0.344 e. The average Bonchev–Trinajstić information content (AvgIpc) is 2.42. The van der Waals surface area contributed by atoms with E-state index in [4.69, 9.17) is 15.4 Å². The number of hydrogen-bond acceptors (Lipinski definition) is 5. The molecular weight excluding hydrogens is 234 g/mol. The number of H-pyrrole nitrogens is 1. The van der Waals surface area contributed by atoms with Gasteiger partial charge in [-0.3, -0.25) is 4.57 Å². The van der Waals surface area contributed by atoms with Crippen LogP contribution < -0.4 is 5.69 Å². The second-order valence-corrected chi connectivity index (χ2v) is 4.85. The number of aromatic nitrogens is 3. The minimum Gasteiger partial charge on any atom is -0.383 e. The Bertz CT molecular complexity index is 462. The Hall–Kier alpha value is -0.860. The Morgan fingerprint density at radius 3 is 2.79 bits per heavy atom. The van der Waals surface area contributed by atoms with Crippen LogP contribution in [0.15, 0.2) is 9.95 Å². The number of rotatable bonds is 4. The zero-order valence-corrected chi connectivity index (χ0v) is 8.80. The summed E-state index contributed by atoms with van der Waals surface area (Å²) < 4.78 is 27.4. The maximum Gasteiger partial charge on any atom is 0.344 e. The van der Waals surface area contributed by atoms with Gasteiger partial charge in [0.1, 0.15) is 0 Å². The van der Waals surface area contributed by atoms with Gasteiger partial charge in [-0.2, -0.15) is 0 Å². The van der Waals surface area contributed by atoms with Crippen molar-refractivity contribution in [2.75, 3.05) is 13.7 Å². The van der Waals surface area contributed by atoms with Crippen LogP contribution >= 0.6 is 10.7 Å². The van der Waals surface area contributed by atoms with E-state index in [0.717, 1.165) is 4.57 Å². The van der Waals surface area contributed by atoms with Gasteiger partial charge in [0, 0.05) is 17.8 Å². The second kappa shape index (κ2) is 4.11. The maximum absolute atomic E-state index is 11.1. The van der Waals surface area contributed by atoms with Crippen molar-refractivity contribution in [1.29, 1.82) is 0 Å². The second-order valence-electron chi connectivity index (χ2n) is 2.39. The van der Waals surface area contributed by atoms with Gasteiger partial charge in [0.15, 0.2) is 0 Å². The van der Waals surface area contributed by atoms with Gasteiger partial charge in [-0.25, -0.2) is 18.3 Å². The van der Waals surface area contributed by atoms with E-state index in [1.807, 2.05) is 5.10 Å². The quantitative estimate of drug-likeness (QED) is 0.693. The number of methoxy groups -OCH3 is 1. The third-order valence-corrected chi connectivity index (χ3v) is 2.62. The molecule has 80 valence electrons. The summed E-state index contributed by atoms with van der Waals surface area (Å²) in [5.74, 6) is 0. The van der Waals surface area contributed by atoms with E-state index in [2.05, 4.69) is 5.10 Å². The third-order valence-electron chi connectivity index (χ3n) is 1.46. The number of aromatic amines is 1. The van der Waals surface area contributed by atoms with Gasteiger partial charge >= 0.3 is 5.69 Å². The highest BCUT2D eigenvalue weighted by molar-refractivity contribution is 8.13. The molecule has 0 atom stereocenters. The zero-order valence-electron chi connectivity index (χ0n) is 7.23. The van der Waals surface area contributed by atoms with Crippen molar-refractivity contribution in [3.05, 3.63) is 10.5 Å². The summed E-state index contributed by atoms with van der Waals surface area (Å²) in [7, 11) is 2.47. The van der Waals surface area contributed by atoms with Gasteiger partial charge < -0.3 is 4.74 Å². The number of halogens is 1. The van der Waals surface area contributed by atoms with Crippen LogP contribution in [-0.4, -0.2) is 36.9 Å². The molecule has 7 nitrogen and oxygen atoms in total. The number of nitrogens with zero attached hydrogens (tertiary/aromatic N) is 2. The van der Waals surface area contributed by atoms with Gasteiger partial charge in [-0.05, 0) is 0 Å². The molecule has 9 heteroatoms. The number of ether oxygens (including phenoxy) is 1. The predicted molar refractivity (Wildman–Crippen MR) is 47.8 cm³/mol. The first-order valence-electron chi connectivity index (χ1n) is 3.55.